The van der Waals surface area contributed by atoms with Gasteiger partial charge in [0.25, 0.3) is 0 Å². The lowest BCUT2D eigenvalue weighted by atomic mass is 10.1. The molecule has 4 aromatic rings. The highest BCUT2D eigenvalue weighted by Gasteiger charge is 2.47. The molecule has 2 atom stereocenters. The van der Waals surface area contributed by atoms with Crippen molar-refractivity contribution in [2.75, 3.05) is 18.6 Å². The molecule has 4 aromatic carbocycles. The maximum absolute atomic E-state index is 14.3. The summed E-state index contributed by atoms with van der Waals surface area (Å²) in [4.78, 5) is 2.51. The first-order chi connectivity index (χ1) is 17.5. The zero-order valence-corrected chi connectivity index (χ0v) is 21.3. The number of sulfonamides is 1. The molecule has 0 aromatic heterocycles. The van der Waals surface area contributed by atoms with Gasteiger partial charge in [0.05, 0.1) is 12.0 Å². The number of anilines is 1. The van der Waals surface area contributed by atoms with E-state index in [9.17, 15) is 8.42 Å². The quantitative estimate of drug-likeness (QED) is 0.322. The fourth-order valence-corrected chi connectivity index (χ4v) is 6.67. The van der Waals surface area contributed by atoms with Crippen molar-refractivity contribution >= 4 is 15.7 Å². The summed E-state index contributed by atoms with van der Waals surface area (Å²) in [5.41, 5.74) is 4.02. The summed E-state index contributed by atoms with van der Waals surface area (Å²) in [6, 6.07) is 34.7. The Morgan fingerprint density at radius 1 is 0.806 bits per heavy atom. The fraction of sp³-hybridized carbons (Fsp3) is 0.200. The Hall–Kier alpha value is -3.61. The molecule has 0 amide bonds. The first-order valence-corrected chi connectivity index (χ1v) is 13.5. The number of aryl methyl sites for hydroxylation is 1. The number of hydrogen-bond acceptors (Lipinski definition) is 4. The summed E-state index contributed by atoms with van der Waals surface area (Å²) < 4.78 is 35.6. The highest BCUT2D eigenvalue weighted by Crippen LogP contribution is 2.42. The number of rotatable bonds is 7. The Morgan fingerprint density at radius 3 is 2.03 bits per heavy atom. The van der Waals surface area contributed by atoms with Crippen LogP contribution in [0.4, 0.5) is 5.69 Å². The lowest BCUT2D eigenvalue weighted by molar-refractivity contribution is 0.327. The molecule has 1 saturated heterocycles. The molecular formula is C30H30N2O3S. The Labute approximate surface area is 213 Å². The average Bonchev–Trinajstić information content (AvgIpc) is 3.30. The predicted octanol–water partition coefficient (Wildman–Crippen LogP) is 5.82. The Kier molecular flexibility index (Phi) is 6.81. The Bertz CT molecular complexity index is 1390. The molecule has 0 saturated carbocycles. The second kappa shape index (κ2) is 10.2. The average molecular weight is 499 g/mol. The van der Waals surface area contributed by atoms with Crippen LogP contribution < -0.4 is 9.64 Å². The van der Waals surface area contributed by atoms with Crippen LogP contribution in [-0.2, 0) is 16.4 Å². The van der Waals surface area contributed by atoms with E-state index in [-0.39, 0.29) is 6.04 Å². The van der Waals surface area contributed by atoms with E-state index in [0.29, 0.717) is 17.9 Å². The van der Waals surface area contributed by atoms with Gasteiger partial charge in [-0.2, -0.15) is 4.31 Å². The van der Waals surface area contributed by atoms with E-state index in [0.717, 1.165) is 28.1 Å². The number of para-hydroxylation sites is 1. The van der Waals surface area contributed by atoms with Crippen LogP contribution in [0.15, 0.2) is 114 Å². The second-order valence-electron chi connectivity index (χ2n) is 9.13. The topological polar surface area (TPSA) is 49.9 Å². The smallest absolute Gasteiger partial charge is 0.245 e. The van der Waals surface area contributed by atoms with Crippen LogP contribution in [0, 0.1) is 6.92 Å². The van der Waals surface area contributed by atoms with Crippen LogP contribution in [0.25, 0.3) is 0 Å². The third-order valence-electron chi connectivity index (χ3n) is 6.72. The summed E-state index contributed by atoms with van der Waals surface area (Å²) in [7, 11) is -2.17. The molecule has 5 nitrogen and oxygen atoms in total. The van der Waals surface area contributed by atoms with Crippen LogP contribution >= 0.6 is 0 Å². The fourth-order valence-electron chi connectivity index (χ4n) is 4.91. The van der Waals surface area contributed by atoms with Gasteiger partial charge in [-0.3, -0.25) is 0 Å². The van der Waals surface area contributed by atoms with E-state index in [1.165, 1.54) is 0 Å². The SMILES string of the molecule is COc1ccc(C[C@H]2CN(c3ccccc3)[C@@H](c3ccccc3)N2S(=O)(=O)c2ccc(C)cc2)cc1. The summed E-state index contributed by atoms with van der Waals surface area (Å²) in [5.74, 6) is 0.780. The number of methoxy groups -OCH3 is 1. The maximum atomic E-state index is 14.3. The molecule has 0 unspecified atom stereocenters. The van der Waals surface area contributed by atoms with Crippen molar-refractivity contribution < 1.29 is 13.2 Å². The van der Waals surface area contributed by atoms with Crippen LogP contribution in [0.5, 0.6) is 5.75 Å². The minimum atomic E-state index is -3.81. The summed E-state index contributed by atoms with van der Waals surface area (Å²) in [6.45, 7) is 2.53. The zero-order chi connectivity index (χ0) is 25.1. The van der Waals surface area contributed by atoms with Gasteiger partial charge >= 0.3 is 0 Å². The molecule has 0 bridgehead atoms. The van der Waals surface area contributed by atoms with Gasteiger partial charge < -0.3 is 9.64 Å². The van der Waals surface area contributed by atoms with Gasteiger partial charge in [-0.25, -0.2) is 8.42 Å². The van der Waals surface area contributed by atoms with Gasteiger partial charge in [0.15, 0.2) is 0 Å². The molecule has 1 aliphatic heterocycles. The van der Waals surface area contributed by atoms with Crippen molar-refractivity contribution in [3.63, 3.8) is 0 Å². The Balaban J connectivity index is 1.64. The highest BCUT2D eigenvalue weighted by atomic mass is 32.2. The minimum absolute atomic E-state index is 0.268. The number of ether oxygens (including phenoxy) is 1. The van der Waals surface area contributed by atoms with Gasteiger partial charge in [-0.05, 0) is 60.9 Å². The molecule has 0 N–H and O–H groups in total. The molecule has 5 rings (SSSR count). The Morgan fingerprint density at radius 2 is 1.42 bits per heavy atom. The monoisotopic (exact) mass is 498 g/mol. The molecule has 0 radical (unpaired) electrons. The van der Waals surface area contributed by atoms with Gasteiger partial charge in [-0.15, -0.1) is 0 Å². The minimum Gasteiger partial charge on any atom is -0.497 e. The molecule has 1 heterocycles. The van der Waals surface area contributed by atoms with Crippen molar-refractivity contribution in [2.45, 2.75) is 30.4 Å². The number of benzene rings is 4. The van der Waals surface area contributed by atoms with Crippen molar-refractivity contribution in [1.82, 2.24) is 4.31 Å². The van der Waals surface area contributed by atoms with Gasteiger partial charge in [0, 0.05) is 18.3 Å². The van der Waals surface area contributed by atoms with E-state index in [1.807, 2.05) is 104 Å². The largest absolute Gasteiger partial charge is 0.497 e. The van der Waals surface area contributed by atoms with Crippen LogP contribution in [-0.4, -0.2) is 32.4 Å². The zero-order valence-electron chi connectivity index (χ0n) is 20.5. The molecule has 184 valence electrons. The molecule has 0 spiro atoms. The first-order valence-electron chi connectivity index (χ1n) is 12.1. The van der Waals surface area contributed by atoms with Crippen molar-refractivity contribution in [1.29, 1.82) is 0 Å². The standard InChI is InChI=1S/C30H30N2O3S/c1-23-13-19-29(20-14-23)36(33,34)32-27(21-24-15-17-28(35-2)18-16-24)22-31(26-11-7-4-8-12-26)30(32)25-9-5-3-6-10-25/h3-20,27,30H,21-22H2,1-2H3/t27-,30+/m0/s1. The molecule has 36 heavy (non-hydrogen) atoms. The van der Waals surface area contributed by atoms with E-state index in [1.54, 1.807) is 23.5 Å². The van der Waals surface area contributed by atoms with Gasteiger partial charge in [0.1, 0.15) is 11.9 Å². The predicted molar refractivity (Wildman–Crippen MR) is 144 cm³/mol. The van der Waals surface area contributed by atoms with Crippen molar-refractivity contribution in [3.8, 4) is 5.75 Å². The molecule has 0 aliphatic carbocycles. The third-order valence-corrected chi connectivity index (χ3v) is 8.64. The van der Waals surface area contributed by atoms with Crippen LogP contribution in [0.2, 0.25) is 0 Å². The highest BCUT2D eigenvalue weighted by molar-refractivity contribution is 7.89. The lowest BCUT2D eigenvalue weighted by Crippen LogP contribution is -2.40. The third kappa shape index (κ3) is 4.74. The lowest BCUT2D eigenvalue weighted by Gasteiger charge is -2.32. The van der Waals surface area contributed by atoms with Crippen LogP contribution in [0.1, 0.15) is 22.9 Å². The normalized spacial score (nSPS) is 18.3. The van der Waals surface area contributed by atoms with Gasteiger partial charge in [0.2, 0.25) is 10.0 Å². The summed E-state index contributed by atoms with van der Waals surface area (Å²) >= 11 is 0. The van der Waals surface area contributed by atoms with E-state index in [2.05, 4.69) is 4.90 Å². The van der Waals surface area contributed by atoms with Crippen molar-refractivity contribution in [3.05, 3.63) is 126 Å². The molecule has 1 aliphatic rings. The van der Waals surface area contributed by atoms with Gasteiger partial charge in [-0.1, -0.05) is 78.4 Å². The number of nitrogens with zero attached hydrogens (tertiary/aromatic N) is 2. The van der Waals surface area contributed by atoms with E-state index in [4.69, 9.17) is 4.74 Å². The first kappa shape index (κ1) is 24.1. The van der Waals surface area contributed by atoms with Crippen molar-refractivity contribution in [2.24, 2.45) is 0 Å². The molecule has 6 heteroatoms. The summed E-state index contributed by atoms with van der Waals surface area (Å²) in [5, 5.41) is 0. The van der Waals surface area contributed by atoms with E-state index < -0.39 is 16.2 Å². The second-order valence-corrected chi connectivity index (χ2v) is 11.0. The summed E-state index contributed by atoms with van der Waals surface area (Å²) in [6.07, 6.45) is 0.116. The van der Waals surface area contributed by atoms with E-state index >= 15 is 0 Å². The molecule has 1 fully saturated rings. The van der Waals surface area contributed by atoms with Crippen LogP contribution in [0.3, 0.4) is 0 Å². The number of hydrogen-bond donors (Lipinski definition) is 0. The molecular weight excluding hydrogens is 468 g/mol. The maximum Gasteiger partial charge on any atom is 0.245 e.